The molecule has 0 unspecified atom stereocenters. The molecule has 0 amide bonds. The van der Waals surface area contributed by atoms with Crippen LogP contribution in [0.4, 0.5) is 8.78 Å². The van der Waals surface area contributed by atoms with Crippen molar-refractivity contribution >= 4 is 5.96 Å². The van der Waals surface area contributed by atoms with E-state index in [1.807, 2.05) is 6.92 Å². The van der Waals surface area contributed by atoms with Gasteiger partial charge in [-0.1, -0.05) is 12.1 Å². The smallest absolute Gasteiger partial charge is 0.387 e. The number of nitrogens with zero attached hydrogens (tertiary/aromatic N) is 4. The Kier molecular flexibility index (Phi) is 7.20. The van der Waals surface area contributed by atoms with Gasteiger partial charge in [0, 0.05) is 25.1 Å². The molecule has 29 heavy (non-hydrogen) atoms. The Morgan fingerprint density at radius 3 is 2.90 bits per heavy atom. The Hall–Kier alpha value is -2.91. The van der Waals surface area contributed by atoms with E-state index in [2.05, 4.69) is 30.4 Å². The molecule has 0 spiro atoms. The van der Waals surface area contributed by atoms with E-state index >= 15 is 0 Å². The van der Waals surface area contributed by atoms with Crippen molar-refractivity contribution in [3.63, 3.8) is 0 Å². The molecule has 1 aromatic carbocycles. The zero-order valence-corrected chi connectivity index (χ0v) is 16.6. The summed E-state index contributed by atoms with van der Waals surface area (Å²) in [5, 5.41) is 14.8. The summed E-state index contributed by atoms with van der Waals surface area (Å²) in [5.74, 6) is 2.69. The predicted octanol–water partition coefficient (Wildman–Crippen LogP) is 2.48. The second-order valence-electron chi connectivity index (χ2n) is 6.39. The van der Waals surface area contributed by atoms with Gasteiger partial charge < -0.3 is 24.7 Å². The van der Waals surface area contributed by atoms with Crippen LogP contribution in [0.25, 0.3) is 0 Å². The van der Waals surface area contributed by atoms with Crippen molar-refractivity contribution < 1.29 is 18.3 Å². The van der Waals surface area contributed by atoms with Crippen LogP contribution in [-0.2, 0) is 26.1 Å². The van der Waals surface area contributed by atoms with Crippen molar-refractivity contribution in [1.82, 2.24) is 25.4 Å². The van der Waals surface area contributed by atoms with Crippen LogP contribution in [0.5, 0.6) is 11.5 Å². The Bertz CT molecular complexity index is 840. The highest BCUT2D eigenvalue weighted by atomic mass is 19.3. The number of hydrogen-bond donors (Lipinski definition) is 2. The Morgan fingerprint density at radius 1 is 1.28 bits per heavy atom. The van der Waals surface area contributed by atoms with E-state index in [9.17, 15) is 8.78 Å². The molecule has 0 bridgehead atoms. The fraction of sp³-hybridized carbons (Fsp3) is 0.526. The summed E-state index contributed by atoms with van der Waals surface area (Å²) in [6, 6.07) is 5.02. The monoisotopic (exact) mass is 408 g/mol. The van der Waals surface area contributed by atoms with Gasteiger partial charge in [0.2, 0.25) is 0 Å². The van der Waals surface area contributed by atoms with Crippen LogP contribution in [0.3, 0.4) is 0 Å². The molecule has 10 heteroatoms. The molecule has 2 heterocycles. The first-order valence-electron chi connectivity index (χ1n) is 9.75. The van der Waals surface area contributed by atoms with Gasteiger partial charge in [-0.15, -0.1) is 10.2 Å². The van der Waals surface area contributed by atoms with Crippen molar-refractivity contribution in [2.45, 2.75) is 52.9 Å². The zero-order valence-electron chi connectivity index (χ0n) is 16.6. The SMILES string of the molecule is CCNC(=NCc1cccc(OCC)c1OC(F)F)NCc1nnc2n1CCC2. The minimum atomic E-state index is -2.94. The molecule has 1 aliphatic heterocycles. The highest BCUT2D eigenvalue weighted by Crippen LogP contribution is 2.33. The average Bonchev–Trinajstić information content (AvgIpc) is 3.30. The van der Waals surface area contributed by atoms with Gasteiger partial charge in [0.1, 0.15) is 5.82 Å². The second-order valence-corrected chi connectivity index (χ2v) is 6.39. The highest BCUT2D eigenvalue weighted by Gasteiger charge is 2.18. The first-order valence-corrected chi connectivity index (χ1v) is 9.75. The number of hydrogen-bond acceptors (Lipinski definition) is 5. The van der Waals surface area contributed by atoms with Crippen LogP contribution in [0.2, 0.25) is 0 Å². The number of ether oxygens (including phenoxy) is 2. The number of nitrogens with one attached hydrogen (secondary N) is 2. The summed E-state index contributed by atoms with van der Waals surface area (Å²) in [7, 11) is 0. The van der Waals surface area contributed by atoms with Crippen LogP contribution in [0, 0.1) is 0 Å². The van der Waals surface area contributed by atoms with Gasteiger partial charge in [-0.3, -0.25) is 0 Å². The normalized spacial score (nSPS) is 13.5. The van der Waals surface area contributed by atoms with Crippen LogP contribution < -0.4 is 20.1 Å². The summed E-state index contributed by atoms with van der Waals surface area (Å²) in [6.07, 6.45) is 2.03. The number of guanidine groups is 1. The third-order valence-corrected chi connectivity index (χ3v) is 4.42. The maximum Gasteiger partial charge on any atom is 0.387 e. The Labute approximate surface area is 168 Å². The Morgan fingerprint density at radius 2 is 2.14 bits per heavy atom. The summed E-state index contributed by atoms with van der Waals surface area (Å²) in [5.41, 5.74) is 0.511. The lowest BCUT2D eigenvalue weighted by atomic mass is 10.2. The number of fused-ring (bicyclic) bond motifs is 1. The van der Waals surface area contributed by atoms with Gasteiger partial charge in [0.05, 0.1) is 19.7 Å². The van der Waals surface area contributed by atoms with E-state index in [4.69, 9.17) is 9.47 Å². The lowest BCUT2D eigenvalue weighted by Crippen LogP contribution is -2.37. The Balaban J connectivity index is 1.73. The average molecular weight is 408 g/mol. The number of para-hydroxylation sites is 1. The standard InChI is InChI=1S/C19H26F2N6O2/c1-3-22-19(24-12-16-26-25-15-9-6-10-27(15)16)23-11-13-7-5-8-14(28-4-2)17(13)29-18(20)21/h5,7-8,18H,3-4,6,9-12H2,1-2H3,(H2,22,23,24). The van der Waals surface area contributed by atoms with E-state index < -0.39 is 6.61 Å². The maximum atomic E-state index is 12.9. The molecule has 1 aromatic heterocycles. The van der Waals surface area contributed by atoms with Crippen molar-refractivity contribution in [3.05, 3.63) is 35.4 Å². The minimum Gasteiger partial charge on any atom is -0.490 e. The zero-order chi connectivity index (χ0) is 20.6. The number of aromatic nitrogens is 3. The van der Waals surface area contributed by atoms with Crippen molar-refractivity contribution in [1.29, 1.82) is 0 Å². The van der Waals surface area contributed by atoms with Gasteiger partial charge in [0.15, 0.2) is 23.3 Å². The van der Waals surface area contributed by atoms with Crippen LogP contribution in [-0.4, -0.2) is 40.5 Å². The topological polar surface area (TPSA) is 85.6 Å². The first-order chi connectivity index (χ1) is 14.1. The molecular formula is C19H26F2N6O2. The summed E-state index contributed by atoms with van der Waals surface area (Å²) < 4.78 is 38.0. The van der Waals surface area contributed by atoms with Gasteiger partial charge in [0.25, 0.3) is 0 Å². The van der Waals surface area contributed by atoms with E-state index in [1.165, 1.54) is 0 Å². The molecule has 3 rings (SSSR count). The highest BCUT2D eigenvalue weighted by molar-refractivity contribution is 5.79. The van der Waals surface area contributed by atoms with E-state index in [1.54, 1.807) is 25.1 Å². The number of aliphatic imine (C=N–C) groups is 1. The molecule has 1 aliphatic rings. The van der Waals surface area contributed by atoms with Crippen LogP contribution in [0.1, 0.15) is 37.5 Å². The quantitative estimate of drug-likeness (QED) is 0.490. The third-order valence-electron chi connectivity index (χ3n) is 4.42. The lowest BCUT2D eigenvalue weighted by molar-refractivity contribution is -0.0520. The number of aryl methyl sites for hydroxylation is 1. The van der Waals surface area contributed by atoms with Gasteiger partial charge in [-0.25, -0.2) is 4.99 Å². The van der Waals surface area contributed by atoms with Crippen LogP contribution in [0.15, 0.2) is 23.2 Å². The second kappa shape index (κ2) is 10.0. The molecule has 158 valence electrons. The van der Waals surface area contributed by atoms with E-state index in [0.717, 1.165) is 31.0 Å². The molecule has 8 nitrogen and oxygen atoms in total. The van der Waals surface area contributed by atoms with E-state index in [0.29, 0.717) is 31.2 Å². The lowest BCUT2D eigenvalue weighted by Gasteiger charge is -2.15. The summed E-state index contributed by atoms with van der Waals surface area (Å²) in [4.78, 5) is 4.50. The minimum absolute atomic E-state index is 0.0132. The summed E-state index contributed by atoms with van der Waals surface area (Å²) >= 11 is 0. The molecule has 0 atom stereocenters. The number of alkyl halides is 2. The van der Waals surface area contributed by atoms with Gasteiger partial charge in [-0.2, -0.15) is 8.78 Å². The largest absolute Gasteiger partial charge is 0.490 e. The predicted molar refractivity (Wildman–Crippen MR) is 104 cm³/mol. The summed E-state index contributed by atoms with van der Waals surface area (Å²) in [6.45, 7) is 3.33. The fourth-order valence-corrected chi connectivity index (χ4v) is 3.19. The number of benzene rings is 1. The molecule has 0 saturated heterocycles. The van der Waals surface area contributed by atoms with Crippen molar-refractivity contribution in [2.75, 3.05) is 13.2 Å². The molecule has 2 N–H and O–H groups in total. The van der Waals surface area contributed by atoms with Gasteiger partial charge in [-0.05, 0) is 26.3 Å². The first kappa shape index (κ1) is 20.8. The van der Waals surface area contributed by atoms with Crippen LogP contribution >= 0.6 is 0 Å². The third kappa shape index (κ3) is 5.33. The molecular weight excluding hydrogens is 382 g/mol. The van der Waals surface area contributed by atoms with Crippen molar-refractivity contribution in [3.8, 4) is 11.5 Å². The van der Waals surface area contributed by atoms with E-state index in [-0.39, 0.29) is 18.0 Å². The maximum absolute atomic E-state index is 12.9. The molecule has 0 fully saturated rings. The molecule has 0 aliphatic carbocycles. The molecule has 0 saturated carbocycles. The fourth-order valence-electron chi connectivity index (χ4n) is 3.19. The van der Waals surface area contributed by atoms with Gasteiger partial charge >= 0.3 is 6.61 Å². The molecule has 0 radical (unpaired) electrons. The number of halogens is 2. The van der Waals surface area contributed by atoms with Crippen molar-refractivity contribution in [2.24, 2.45) is 4.99 Å². The molecule has 2 aromatic rings. The number of rotatable bonds is 9.